The number of aromatic nitrogens is 1. The first-order chi connectivity index (χ1) is 13.9. The molecule has 1 aromatic heterocycles. The first-order valence-electron chi connectivity index (χ1n) is 9.67. The molecular formula is C26H23NO2. The van der Waals surface area contributed by atoms with Crippen LogP contribution in [-0.2, 0) is 5.41 Å². The summed E-state index contributed by atoms with van der Waals surface area (Å²) in [7, 11) is 0. The summed E-state index contributed by atoms with van der Waals surface area (Å²) in [6.07, 6.45) is 8.53. The molecule has 1 aliphatic rings. The molecule has 0 amide bonds. The van der Waals surface area contributed by atoms with Crippen LogP contribution >= 0.6 is 0 Å². The summed E-state index contributed by atoms with van der Waals surface area (Å²) in [4.78, 5) is 15.9. The lowest BCUT2D eigenvalue weighted by Gasteiger charge is -2.32. The van der Waals surface area contributed by atoms with Crippen LogP contribution in [0.3, 0.4) is 0 Å². The molecule has 0 bridgehead atoms. The number of fused-ring (bicyclic) bond motifs is 1. The number of allylic oxidation sites excluding steroid dienone is 1. The van der Waals surface area contributed by atoms with Gasteiger partial charge in [0.1, 0.15) is 0 Å². The van der Waals surface area contributed by atoms with Gasteiger partial charge in [-0.2, -0.15) is 0 Å². The summed E-state index contributed by atoms with van der Waals surface area (Å²) in [5.74, 6) is -0.947. The molecule has 0 fully saturated rings. The summed E-state index contributed by atoms with van der Waals surface area (Å²) in [6, 6.07) is 15.8. The molecule has 0 spiro atoms. The van der Waals surface area contributed by atoms with Gasteiger partial charge in [-0.25, -0.2) is 4.79 Å². The van der Waals surface area contributed by atoms with Crippen LogP contribution in [0, 0.1) is 0 Å². The van der Waals surface area contributed by atoms with E-state index in [0.717, 1.165) is 23.1 Å². The standard InChI is InChI=1S/C26H23NO2/c1-4-19-20(8-5-9-22(19)25(28)29)17-10-11-24-23(15-17)21(12-13-26(24,2)3)18-7-6-14-27-16-18/h4-12,14-16H,1,13H2,2-3H3,(H,28,29). The maximum atomic E-state index is 11.7. The number of carbonyl (C=O) groups is 1. The Kier molecular flexibility index (Phi) is 4.67. The molecule has 29 heavy (non-hydrogen) atoms. The van der Waals surface area contributed by atoms with Gasteiger partial charge in [-0.3, -0.25) is 4.98 Å². The van der Waals surface area contributed by atoms with E-state index in [4.69, 9.17) is 0 Å². The largest absolute Gasteiger partial charge is 0.478 e. The van der Waals surface area contributed by atoms with Crippen LogP contribution in [0.15, 0.2) is 73.6 Å². The van der Waals surface area contributed by atoms with Crippen molar-refractivity contribution < 1.29 is 9.90 Å². The summed E-state index contributed by atoms with van der Waals surface area (Å²) in [6.45, 7) is 8.35. The minimum Gasteiger partial charge on any atom is -0.478 e. The van der Waals surface area contributed by atoms with Crippen molar-refractivity contribution in [3.05, 3.63) is 101 Å². The van der Waals surface area contributed by atoms with Crippen LogP contribution in [0.4, 0.5) is 0 Å². The lowest BCUT2D eigenvalue weighted by Crippen LogP contribution is -2.22. The van der Waals surface area contributed by atoms with Crippen molar-refractivity contribution in [2.75, 3.05) is 0 Å². The molecular weight excluding hydrogens is 358 g/mol. The lowest BCUT2D eigenvalue weighted by atomic mass is 9.71. The number of hydrogen-bond acceptors (Lipinski definition) is 2. The third-order valence-electron chi connectivity index (χ3n) is 5.68. The Bertz CT molecular complexity index is 1140. The highest BCUT2D eigenvalue weighted by Gasteiger charge is 2.29. The van der Waals surface area contributed by atoms with Gasteiger partial charge in [0.15, 0.2) is 0 Å². The lowest BCUT2D eigenvalue weighted by molar-refractivity contribution is 0.0696. The summed E-state index contributed by atoms with van der Waals surface area (Å²) < 4.78 is 0. The number of pyridine rings is 1. The number of hydrogen-bond donors (Lipinski definition) is 1. The average Bonchev–Trinajstić information content (AvgIpc) is 2.73. The number of rotatable bonds is 4. The van der Waals surface area contributed by atoms with E-state index in [1.54, 1.807) is 24.4 Å². The quantitative estimate of drug-likeness (QED) is 0.585. The minimum absolute atomic E-state index is 0.0315. The number of carboxylic acids is 1. The predicted octanol–water partition coefficient (Wildman–Crippen LogP) is 6.20. The molecule has 1 heterocycles. The molecule has 0 saturated heterocycles. The maximum absolute atomic E-state index is 11.7. The smallest absolute Gasteiger partial charge is 0.336 e. The Morgan fingerprint density at radius 2 is 1.93 bits per heavy atom. The maximum Gasteiger partial charge on any atom is 0.336 e. The van der Waals surface area contributed by atoms with Crippen LogP contribution in [0.1, 0.15) is 52.9 Å². The average molecular weight is 381 g/mol. The van der Waals surface area contributed by atoms with Crippen LogP contribution in [0.25, 0.3) is 22.8 Å². The van der Waals surface area contributed by atoms with Gasteiger partial charge in [-0.1, -0.05) is 62.9 Å². The summed E-state index contributed by atoms with van der Waals surface area (Å²) >= 11 is 0. The third-order valence-corrected chi connectivity index (χ3v) is 5.68. The molecule has 1 N–H and O–H groups in total. The van der Waals surface area contributed by atoms with E-state index in [2.05, 4.69) is 55.8 Å². The van der Waals surface area contributed by atoms with E-state index >= 15 is 0 Å². The SMILES string of the molecule is C=Cc1c(C(=O)O)cccc1-c1ccc2c(c1)C(c1cccnc1)=CCC2(C)C. The zero-order valence-electron chi connectivity index (χ0n) is 16.6. The zero-order chi connectivity index (χ0) is 20.6. The Balaban J connectivity index is 1.93. The zero-order valence-corrected chi connectivity index (χ0v) is 16.6. The minimum atomic E-state index is -0.947. The van der Waals surface area contributed by atoms with E-state index in [1.807, 2.05) is 18.3 Å². The van der Waals surface area contributed by atoms with Crippen molar-refractivity contribution in [3.8, 4) is 11.1 Å². The van der Waals surface area contributed by atoms with Crippen molar-refractivity contribution in [1.29, 1.82) is 0 Å². The first-order valence-corrected chi connectivity index (χ1v) is 9.67. The van der Waals surface area contributed by atoms with Gasteiger partial charge in [0.2, 0.25) is 0 Å². The third kappa shape index (κ3) is 3.29. The molecule has 0 atom stereocenters. The second-order valence-electron chi connectivity index (χ2n) is 7.98. The van der Waals surface area contributed by atoms with Gasteiger partial charge in [0.25, 0.3) is 0 Å². The Morgan fingerprint density at radius 1 is 1.10 bits per heavy atom. The molecule has 144 valence electrons. The Morgan fingerprint density at radius 3 is 2.62 bits per heavy atom. The Labute approximate surface area is 171 Å². The summed E-state index contributed by atoms with van der Waals surface area (Å²) in [5.41, 5.74) is 7.50. The van der Waals surface area contributed by atoms with Crippen molar-refractivity contribution >= 4 is 17.6 Å². The topological polar surface area (TPSA) is 50.2 Å². The molecule has 1 aliphatic carbocycles. The molecule has 0 saturated carbocycles. The first kappa shape index (κ1) is 18.9. The van der Waals surface area contributed by atoms with E-state index in [-0.39, 0.29) is 11.0 Å². The normalized spacial score (nSPS) is 14.6. The molecule has 0 aliphatic heterocycles. The second kappa shape index (κ2) is 7.17. The van der Waals surface area contributed by atoms with Crippen molar-refractivity contribution in [1.82, 2.24) is 4.98 Å². The Hall–Kier alpha value is -3.46. The summed E-state index contributed by atoms with van der Waals surface area (Å²) in [5, 5.41) is 9.56. The second-order valence-corrected chi connectivity index (χ2v) is 7.98. The van der Waals surface area contributed by atoms with Gasteiger partial charge in [0.05, 0.1) is 5.56 Å². The van der Waals surface area contributed by atoms with Gasteiger partial charge < -0.3 is 5.11 Å². The number of nitrogens with zero attached hydrogens (tertiary/aromatic N) is 1. The molecule has 3 nitrogen and oxygen atoms in total. The highest BCUT2D eigenvalue weighted by atomic mass is 16.4. The molecule has 0 unspecified atom stereocenters. The predicted molar refractivity (Wildman–Crippen MR) is 118 cm³/mol. The van der Waals surface area contributed by atoms with Gasteiger partial charge in [0, 0.05) is 18.0 Å². The van der Waals surface area contributed by atoms with Gasteiger partial charge in [-0.15, -0.1) is 0 Å². The molecule has 2 aromatic carbocycles. The monoisotopic (exact) mass is 381 g/mol. The fraction of sp³-hybridized carbons (Fsp3) is 0.154. The highest BCUT2D eigenvalue weighted by Crippen LogP contribution is 2.43. The van der Waals surface area contributed by atoms with E-state index in [0.29, 0.717) is 5.56 Å². The molecule has 0 radical (unpaired) electrons. The van der Waals surface area contributed by atoms with Gasteiger partial charge >= 0.3 is 5.97 Å². The van der Waals surface area contributed by atoms with Crippen molar-refractivity contribution in [2.24, 2.45) is 0 Å². The van der Waals surface area contributed by atoms with Crippen molar-refractivity contribution in [2.45, 2.75) is 25.7 Å². The fourth-order valence-electron chi connectivity index (χ4n) is 4.12. The number of aromatic carboxylic acids is 1. The van der Waals surface area contributed by atoms with E-state index in [1.165, 1.54) is 16.7 Å². The molecule has 3 heteroatoms. The molecule has 3 aromatic rings. The van der Waals surface area contributed by atoms with Crippen LogP contribution in [0.5, 0.6) is 0 Å². The fourth-order valence-corrected chi connectivity index (χ4v) is 4.12. The van der Waals surface area contributed by atoms with E-state index in [9.17, 15) is 9.90 Å². The van der Waals surface area contributed by atoms with Crippen LogP contribution in [0.2, 0.25) is 0 Å². The van der Waals surface area contributed by atoms with Crippen LogP contribution < -0.4 is 0 Å². The number of benzene rings is 2. The number of carboxylic acid groups (broad SMARTS) is 1. The van der Waals surface area contributed by atoms with Crippen LogP contribution in [-0.4, -0.2) is 16.1 Å². The molecule has 4 rings (SSSR count). The highest BCUT2D eigenvalue weighted by molar-refractivity contribution is 5.96. The van der Waals surface area contributed by atoms with Crippen molar-refractivity contribution in [3.63, 3.8) is 0 Å². The van der Waals surface area contributed by atoms with Gasteiger partial charge in [-0.05, 0) is 63.4 Å². The van der Waals surface area contributed by atoms with E-state index < -0.39 is 5.97 Å².